The lowest BCUT2D eigenvalue weighted by Gasteiger charge is -2.19. The number of fused-ring (bicyclic) bond motifs is 1. The normalized spacial score (nSPS) is 12.9. The van der Waals surface area contributed by atoms with Crippen LogP contribution in [0, 0.1) is 0 Å². The topological polar surface area (TPSA) is 75.4 Å². The van der Waals surface area contributed by atoms with Crippen molar-refractivity contribution in [2.75, 3.05) is 0 Å². The zero-order chi connectivity index (χ0) is 21.0. The van der Waals surface area contributed by atoms with Crippen LogP contribution in [-0.4, -0.2) is 27.6 Å². The van der Waals surface area contributed by atoms with Gasteiger partial charge in [-0.3, -0.25) is 4.79 Å². The lowest BCUT2D eigenvalue weighted by atomic mass is 9.99. The van der Waals surface area contributed by atoms with Gasteiger partial charge in [-0.15, -0.1) is 0 Å². The zero-order valence-electron chi connectivity index (χ0n) is 17.0. The van der Waals surface area contributed by atoms with E-state index < -0.39 is 5.60 Å². The molecule has 3 aromatic rings. The van der Waals surface area contributed by atoms with E-state index in [1.807, 2.05) is 31.2 Å². The number of amides is 1. The van der Waals surface area contributed by atoms with Gasteiger partial charge < -0.3 is 14.8 Å². The number of carbonyl (C=O) groups excluding carboxylic acids is 1. The predicted octanol–water partition coefficient (Wildman–Crippen LogP) is 5.13. The molecule has 5 nitrogen and oxygen atoms in total. The summed E-state index contributed by atoms with van der Waals surface area (Å²) in [6.45, 7) is 5.56. The van der Waals surface area contributed by atoms with Gasteiger partial charge in [0, 0.05) is 23.0 Å². The molecule has 154 valence electrons. The molecule has 3 rings (SSSR count). The summed E-state index contributed by atoms with van der Waals surface area (Å²) < 4.78 is 5.85. The highest BCUT2D eigenvalue weighted by Crippen LogP contribution is 2.21. The highest BCUT2D eigenvalue weighted by molar-refractivity contribution is 6.30. The Bertz CT molecular complexity index is 991. The van der Waals surface area contributed by atoms with E-state index in [2.05, 4.69) is 10.3 Å². The number of carbonyl (C=O) groups is 1. The fraction of sp³-hybridized carbons (Fsp3) is 0.391. The molecule has 2 N–H and O–H groups in total. The van der Waals surface area contributed by atoms with E-state index in [1.54, 1.807) is 32.0 Å². The molecule has 1 aromatic heterocycles. The van der Waals surface area contributed by atoms with Crippen molar-refractivity contribution in [3.8, 4) is 0 Å². The first-order valence-corrected chi connectivity index (χ1v) is 10.2. The minimum absolute atomic E-state index is 0.0219. The Morgan fingerprint density at radius 3 is 2.79 bits per heavy atom. The van der Waals surface area contributed by atoms with Crippen molar-refractivity contribution in [3.63, 3.8) is 0 Å². The number of hydrogen-bond acceptors (Lipinski definition) is 4. The predicted molar refractivity (Wildman–Crippen MR) is 115 cm³/mol. The van der Waals surface area contributed by atoms with E-state index in [9.17, 15) is 9.90 Å². The molecule has 6 heteroatoms. The third-order valence-electron chi connectivity index (χ3n) is 4.74. The van der Waals surface area contributed by atoms with Crippen LogP contribution in [-0.2, 0) is 6.42 Å². The van der Waals surface area contributed by atoms with Crippen molar-refractivity contribution >= 4 is 28.6 Å². The van der Waals surface area contributed by atoms with Gasteiger partial charge in [0.1, 0.15) is 5.52 Å². The standard InChI is InChI=1S/C23H27ClN2O3/c1-15(6-5-11-23(2,3)28)25-22(27)17-9-10-19-20(14-17)29-21(26-19)13-16-7-4-8-18(24)12-16/h4,7-10,12,14-15,28H,5-6,11,13H2,1-3H3,(H,25,27)/t15-/m0/s1. The highest BCUT2D eigenvalue weighted by Gasteiger charge is 2.16. The molecular formula is C23H27ClN2O3. The van der Waals surface area contributed by atoms with Crippen molar-refractivity contribution in [3.05, 3.63) is 64.5 Å². The summed E-state index contributed by atoms with van der Waals surface area (Å²) in [5, 5.41) is 13.5. The van der Waals surface area contributed by atoms with Crippen LogP contribution >= 0.6 is 11.6 Å². The maximum absolute atomic E-state index is 12.6. The van der Waals surface area contributed by atoms with Crippen LogP contribution in [0.25, 0.3) is 11.1 Å². The summed E-state index contributed by atoms with van der Waals surface area (Å²) in [6, 6.07) is 12.9. The number of aromatic nitrogens is 1. The smallest absolute Gasteiger partial charge is 0.251 e. The Morgan fingerprint density at radius 2 is 2.07 bits per heavy atom. The van der Waals surface area contributed by atoms with Gasteiger partial charge in [-0.25, -0.2) is 4.98 Å². The summed E-state index contributed by atoms with van der Waals surface area (Å²) in [7, 11) is 0. The van der Waals surface area contributed by atoms with Gasteiger partial charge in [0.15, 0.2) is 11.5 Å². The molecule has 2 aromatic carbocycles. The van der Waals surface area contributed by atoms with Gasteiger partial charge in [0.2, 0.25) is 0 Å². The number of aliphatic hydroxyl groups is 1. The van der Waals surface area contributed by atoms with E-state index in [0.29, 0.717) is 34.9 Å². The van der Waals surface area contributed by atoms with E-state index in [4.69, 9.17) is 16.0 Å². The van der Waals surface area contributed by atoms with Crippen LogP contribution in [0.2, 0.25) is 5.02 Å². The maximum Gasteiger partial charge on any atom is 0.251 e. The molecule has 0 fully saturated rings. The Kier molecular flexibility index (Phi) is 6.60. The Hall–Kier alpha value is -2.37. The fourth-order valence-electron chi connectivity index (χ4n) is 3.23. The Morgan fingerprint density at radius 1 is 1.28 bits per heavy atom. The number of nitrogens with one attached hydrogen (secondary N) is 1. The van der Waals surface area contributed by atoms with Crippen LogP contribution in [0.15, 0.2) is 46.9 Å². The van der Waals surface area contributed by atoms with Gasteiger partial charge in [-0.2, -0.15) is 0 Å². The van der Waals surface area contributed by atoms with Crippen molar-refractivity contribution in [2.24, 2.45) is 0 Å². The van der Waals surface area contributed by atoms with Gasteiger partial charge in [-0.1, -0.05) is 23.7 Å². The zero-order valence-corrected chi connectivity index (χ0v) is 17.8. The average Bonchev–Trinajstić information content (AvgIpc) is 3.01. The van der Waals surface area contributed by atoms with Crippen LogP contribution < -0.4 is 5.32 Å². The number of oxazole rings is 1. The van der Waals surface area contributed by atoms with Gasteiger partial charge in [0.25, 0.3) is 5.91 Å². The van der Waals surface area contributed by atoms with Crippen LogP contribution in [0.3, 0.4) is 0 Å². The maximum atomic E-state index is 12.6. The molecule has 0 radical (unpaired) electrons. The quantitative estimate of drug-likeness (QED) is 0.535. The first-order valence-electron chi connectivity index (χ1n) is 9.87. The molecular weight excluding hydrogens is 388 g/mol. The average molecular weight is 415 g/mol. The summed E-state index contributed by atoms with van der Waals surface area (Å²) in [6.07, 6.45) is 2.89. The summed E-state index contributed by atoms with van der Waals surface area (Å²) >= 11 is 6.03. The number of benzene rings is 2. The molecule has 1 heterocycles. The molecule has 0 spiro atoms. The largest absolute Gasteiger partial charge is 0.440 e. The summed E-state index contributed by atoms with van der Waals surface area (Å²) in [4.78, 5) is 17.1. The molecule has 0 saturated heterocycles. The van der Waals surface area contributed by atoms with Crippen molar-refractivity contribution in [1.29, 1.82) is 0 Å². The number of halogens is 1. The lowest BCUT2D eigenvalue weighted by molar-refractivity contribution is 0.0674. The molecule has 0 aliphatic carbocycles. The molecule has 1 amide bonds. The number of hydrogen-bond donors (Lipinski definition) is 2. The van der Waals surface area contributed by atoms with Crippen molar-refractivity contribution in [2.45, 2.75) is 58.1 Å². The summed E-state index contributed by atoms with van der Waals surface area (Å²) in [5.74, 6) is 0.440. The molecule has 29 heavy (non-hydrogen) atoms. The summed E-state index contributed by atoms with van der Waals surface area (Å²) in [5.41, 5.74) is 2.18. The lowest BCUT2D eigenvalue weighted by Crippen LogP contribution is -2.33. The molecule has 0 aliphatic heterocycles. The van der Waals surface area contributed by atoms with Crippen molar-refractivity contribution in [1.82, 2.24) is 10.3 Å². The van der Waals surface area contributed by atoms with Crippen LogP contribution in [0.4, 0.5) is 0 Å². The number of nitrogens with zero attached hydrogens (tertiary/aromatic N) is 1. The van der Waals surface area contributed by atoms with E-state index in [-0.39, 0.29) is 11.9 Å². The monoisotopic (exact) mass is 414 g/mol. The fourth-order valence-corrected chi connectivity index (χ4v) is 3.44. The first-order chi connectivity index (χ1) is 13.7. The van der Waals surface area contributed by atoms with Gasteiger partial charge in [-0.05, 0) is 75.9 Å². The van der Waals surface area contributed by atoms with E-state index in [1.165, 1.54) is 0 Å². The van der Waals surface area contributed by atoms with Crippen LogP contribution in [0.5, 0.6) is 0 Å². The minimum atomic E-state index is -0.677. The second kappa shape index (κ2) is 8.97. The Balaban J connectivity index is 1.63. The molecule has 1 atom stereocenters. The second-order valence-corrected chi connectivity index (χ2v) is 8.61. The second-order valence-electron chi connectivity index (χ2n) is 8.18. The third-order valence-corrected chi connectivity index (χ3v) is 4.98. The van der Waals surface area contributed by atoms with Crippen molar-refractivity contribution < 1.29 is 14.3 Å². The minimum Gasteiger partial charge on any atom is -0.440 e. The molecule has 0 saturated carbocycles. The van der Waals surface area contributed by atoms with Gasteiger partial charge >= 0.3 is 0 Å². The van der Waals surface area contributed by atoms with Crippen LogP contribution in [0.1, 0.15) is 61.8 Å². The van der Waals surface area contributed by atoms with E-state index >= 15 is 0 Å². The molecule has 0 aliphatic rings. The third kappa shape index (κ3) is 6.31. The Labute approximate surface area is 176 Å². The molecule has 0 unspecified atom stereocenters. The first kappa shape index (κ1) is 21.3. The SMILES string of the molecule is C[C@@H](CCCC(C)(C)O)NC(=O)c1ccc2nc(Cc3cccc(Cl)c3)oc2c1. The van der Waals surface area contributed by atoms with E-state index in [0.717, 1.165) is 23.9 Å². The highest BCUT2D eigenvalue weighted by atomic mass is 35.5. The molecule has 0 bridgehead atoms. The van der Waals surface area contributed by atoms with Gasteiger partial charge in [0.05, 0.1) is 5.60 Å². The number of rotatable bonds is 8.